The Balaban J connectivity index is 1.96. The number of rotatable bonds is 5. The molecule has 0 bridgehead atoms. The summed E-state index contributed by atoms with van der Waals surface area (Å²) in [5.41, 5.74) is 1.45. The van der Waals surface area contributed by atoms with Crippen molar-refractivity contribution in [1.82, 2.24) is 5.32 Å². The van der Waals surface area contributed by atoms with Gasteiger partial charge in [-0.15, -0.1) is 11.3 Å². The summed E-state index contributed by atoms with van der Waals surface area (Å²) in [4.78, 5) is 1.41. The average Bonchev–Trinajstić information content (AvgIpc) is 2.91. The zero-order valence-electron chi connectivity index (χ0n) is 9.07. The second kappa shape index (κ2) is 5.96. The van der Waals surface area contributed by atoms with Crippen LogP contribution in [0.15, 0.2) is 32.7 Å². The third-order valence-electron chi connectivity index (χ3n) is 2.59. The zero-order chi connectivity index (χ0) is 11.4. The van der Waals surface area contributed by atoms with Gasteiger partial charge in [0.2, 0.25) is 0 Å². The fraction of sp³-hybridized carbons (Fsp3) is 0.333. The van der Waals surface area contributed by atoms with Crippen molar-refractivity contribution in [1.29, 1.82) is 0 Å². The smallest absolute Gasteiger partial charge is 0.0701 e. The van der Waals surface area contributed by atoms with Gasteiger partial charge in [0.05, 0.1) is 3.79 Å². The first-order chi connectivity index (χ1) is 7.79. The quantitative estimate of drug-likeness (QED) is 0.858. The van der Waals surface area contributed by atoms with Crippen LogP contribution < -0.4 is 5.32 Å². The average molecular weight is 316 g/mol. The Hall–Kier alpha value is -0.160. The molecule has 1 N–H and O–H groups in total. The molecule has 2 aromatic rings. The van der Waals surface area contributed by atoms with Gasteiger partial charge in [0.1, 0.15) is 0 Å². The molecular formula is C12H14BrNS2. The summed E-state index contributed by atoms with van der Waals surface area (Å²) >= 11 is 7.10. The lowest BCUT2D eigenvalue weighted by Gasteiger charge is -2.13. The molecule has 0 aromatic carbocycles. The molecule has 2 aromatic heterocycles. The van der Waals surface area contributed by atoms with Gasteiger partial charge in [-0.1, -0.05) is 0 Å². The molecule has 4 heteroatoms. The Kier molecular flexibility index (Phi) is 4.58. The molecule has 0 aliphatic heterocycles. The highest BCUT2D eigenvalue weighted by molar-refractivity contribution is 9.11. The molecule has 0 radical (unpaired) electrons. The standard InChI is InChI=1S/C12H14BrNS2/c1-14-10(11-4-5-12(13)16-11)3-2-9-6-7-15-8-9/h4-8,10,14H,2-3H2,1H3. The highest BCUT2D eigenvalue weighted by Gasteiger charge is 2.11. The molecule has 2 rings (SSSR count). The van der Waals surface area contributed by atoms with Crippen molar-refractivity contribution < 1.29 is 0 Å². The second-order valence-electron chi connectivity index (χ2n) is 3.65. The van der Waals surface area contributed by atoms with Gasteiger partial charge in [-0.2, -0.15) is 11.3 Å². The van der Waals surface area contributed by atoms with Crippen molar-refractivity contribution >= 4 is 38.6 Å². The van der Waals surface area contributed by atoms with Gasteiger partial charge in [-0.25, -0.2) is 0 Å². The summed E-state index contributed by atoms with van der Waals surface area (Å²) in [6.45, 7) is 0. The lowest BCUT2D eigenvalue weighted by Crippen LogP contribution is -2.15. The van der Waals surface area contributed by atoms with Crippen LogP contribution >= 0.6 is 38.6 Å². The van der Waals surface area contributed by atoms with Crippen molar-refractivity contribution in [3.8, 4) is 0 Å². The maximum absolute atomic E-state index is 3.51. The van der Waals surface area contributed by atoms with Crippen molar-refractivity contribution in [3.05, 3.63) is 43.2 Å². The Morgan fingerprint density at radius 2 is 2.25 bits per heavy atom. The Morgan fingerprint density at radius 1 is 1.38 bits per heavy atom. The summed E-state index contributed by atoms with van der Waals surface area (Å²) in [6.07, 6.45) is 2.30. The maximum Gasteiger partial charge on any atom is 0.0701 e. The number of aryl methyl sites for hydroxylation is 1. The van der Waals surface area contributed by atoms with Crippen LogP contribution in [-0.4, -0.2) is 7.05 Å². The monoisotopic (exact) mass is 315 g/mol. The Bertz CT molecular complexity index is 422. The zero-order valence-corrected chi connectivity index (χ0v) is 12.3. The molecule has 0 saturated heterocycles. The van der Waals surface area contributed by atoms with E-state index in [0.717, 1.165) is 12.8 Å². The topological polar surface area (TPSA) is 12.0 Å². The third kappa shape index (κ3) is 3.17. The molecule has 0 amide bonds. The van der Waals surface area contributed by atoms with E-state index in [9.17, 15) is 0 Å². The van der Waals surface area contributed by atoms with E-state index in [4.69, 9.17) is 0 Å². The van der Waals surface area contributed by atoms with Crippen LogP contribution in [0.1, 0.15) is 22.9 Å². The highest BCUT2D eigenvalue weighted by atomic mass is 79.9. The first-order valence-corrected chi connectivity index (χ1v) is 7.78. The molecule has 0 fully saturated rings. The van der Waals surface area contributed by atoms with Crippen LogP contribution in [0.2, 0.25) is 0 Å². The van der Waals surface area contributed by atoms with Crippen LogP contribution in [0.5, 0.6) is 0 Å². The number of halogens is 1. The van der Waals surface area contributed by atoms with E-state index >= 15 is 0 Å². The van der Waals surface area contributed by atoms with E-state index in [-0.39, 0.29) is 0 Å². The molecule has 1 nitrogen and oxygen atoms in total. The summed E-state index contributed by atoms with van der Waals surface area (Å²) in [7, 11) is 2.03. The Labute approximate surface area is 113 Å². The van der Waals surface area contributed by atoms with E-state index in [2.05, 4.69) is 50.2 Å². The first kappa shape index (κ1) is 12.3. The van der Waals surface area contributed by atoms with E-state index in [0.29, 0.717) is 6.04 Å². The SMILES string of the molecule is CNC(CCc1ccsc1)c1ccc(Br)s1. The van der Waals surface area contributed by atoms with Gasteiger partial charge in [-0.3, -0.25) is 0 Å². The number of hydrogen-bond acceptors (Lipinski definition) is 3. The van der Waals surface area contributed by atoms with Crippen LogP contribution in [0.3, 0.4) is 0 Å². The first-order valence-electron chi connectivity index (χ1n) is 5.23. The van der Waals surface area contributed by atoms with E-state index in [1.807, 2.05) is 18.4 Å². The molecule has 1 atom stereocenters. The molecule has 0 aliphatic rings. The minimum atomic E-state index is 0.469. The Morgan fingerprint density at radius 3 is 2.81 bits per heavy atom. The molecule has 0 saturated carbocycles. The van der Waals surface area contributed by atoms with Crippen molar-refractivity contribution in [3.63, 3.8) is 0 Å². The highest BCUT2D eigenvalue weighted by Crippen LogP contribution is 2.29. The van der Waals surface area contributed by atoms with Crippen LogP contribution in [0.4, 0.5) is 0 Å². The summed E-state index contributed by atoms with van der Waals surface area (Å²) in [6, 6.07) is 7.00. The van der Waals surface area contributed by atoms with Crippen LogP contribution in [0.25, 0.3) is 0 Å². The largest absolute Gasteiger partial charge is 0.312 e. The van der Waals surface area contributed by atoms with Gasteiger partial charge >= 0.3 is 0 Å². The normalized spacial score (nSPS) is 12.9. The van der Waals surface area contributed by atoms with E-state index in [1.165, 1.54) is 14.2 Å². The van der Waals surface area contributed by atoms with Gasteiger partial charge in [0, 0.05) is 10.9 Å². The molecule has 2 heterocycles. The molecule has 1 unspecified atom stereocenters. The third-order valence-corrected chi connectivity index (χ3v) is 5.06. The summed E-state index contributed by atoms with van der Waals surface area (Å²) in [5, 5.41) is 7.76. The van der Waals surface area contributed by atoms with Crippen molar-refractivity contribution in [2.75, 3.05) is 7.05 Å². The minimum absolute atomic E-state index is 0.469. The number of nitrogens with one attached hydrogen (secondary N) is 1. The molecule has 86 valence electrons. The molecule has 0 aliphatic carbocycles. The van der Waals surface area contributed by atoms with Gasteiger partial charge in [-0.05, 0) is 70.3 Å². The predicted octanol–water partition coefficient (Wildman–Crippen LogP) is 4.47. The van der Waals surface area contributed by atoms with E-state index in [1.54, 1.807) is 11.3 Å². The lowest BCUT2D eigenvalue weighted by atomic mass is 10.1. The minimum Gasteiger partial charge on any atom is -0.312 e. The fourth-order valence-corrected chi connectivity index (χ4v) is 3.96. The van der Waals surface area contributed by atoms with E-state index < -0.39 is 0 Å². The van der Waals surface area contributed by atoms with Gasteiger partial charge < -0.3 is 5.32 Å². The van der Waals surface area contributed by atoms with Crippen LogP contribution in [-0.2, 0) is 6.42 Å². The predicted molar refractivity (Wildman–Crippen MR) is 76.5 cm³/mol. The van der Waals surface area contributed by atoms with Crippen molar-refractivity contribution in [2.24, 2.45) is 0 Å². The van der Waals surface area contributed by atoms with Gasteiger partial charge in [0.15, 0.2) is 0 Å². The van der Waals surface area contributed by atoms with Crippen LogP contribution in [0, 0.1) is 0 Å². The maximum atomic E-state index is 3.51. The molecule has 0 spiro atoms. The number of thiophene rings is 2. The summed E-state index contributed by atoms with van der Waals surface area (Å²) < 4.78 is 1.21. The second-order valence-corrected chi connectivity index (χ2v) is 6.93. The molecular weight excluding hydrogens is 302 g/mol. The molecule has 16 heavy (non-hydrogen) atoms. The van der Waals surface area contributed by atoms with Crippen molar-refractivity contribution in [2.45, 2.75) is 18.9 Å². The number of hydrogen-bond donors (Lipinski definition) is 1. The lowest BCUT2D eigenvalue weighted by molar-refractivity contribution is 0.558. The fourth-order valence-electron chi connectivity index (χ4n) is 1.69. The summed E-state index contributed by atoms with van der Waals surface area (Å²) in [5.74, 6) is 0. The van der Waals surface area contributed by atoms with Gasteiger partial charge in [0.25, 0.3) is 0 Å².